The summed E-state index contributed by atoms with van der Waals surface area (Å²) in [5, 5.41) is 11.5. The summed E-state index contributed by atoms with van der Waals surface area (Å²) in [6.45, 7) is 1.40. The van der Waals surface area contributed by atoms with Gasteiger partial charge in [0, 0.05) is 46.3 Å². The molecule has 0 saturated heterocycles. The molecule has 4 N–H and O–H groups in total. The van der Waals surface area contributed by atoms with Gasteiger partial charge in [0.2, 0.25) is 11.0 Å². The molecule has 11 nitrogen and oxygen atoms in total. The molecule has 0 saturated carbocycles. The average molecular weight is 931 g/mol. The first kappa shape index (κ1) is 48.1. The van der Waals surface area contributed by atoms with Gasteiger partial charge in [0.15, 0.2) is 28.3 Å². The Morgan fingerprint density at radius 2 is 1.08 bits per heavy atom. The van der Waals surface area contributed by atoms with Crippen molar-refractivity contribution in [2.24, 2.45) is 0 Å². The van der Waals surface area contributed by atoms with E-state index in [1.54, 1.807) is 0 Å². The van der Waals surface area contributed by atoms with Crippen LogP contribution in [0.15, 0.2) is 73.3 Å². The summed E-state index contributed by atoms with van der Waals surface area (Å²) in [6, 6.07) is 5.28. The zero-order chi connectivity index (χ0) is 46.2. The van der Waals surface area contributed by atoms with E-state index in [-0.39, 0.29) is 34.6 Å². The van der Waals surface area contributed by atoms with Crippen LogP contribution in [0.3, 0.4) is 0 Å². The van der Waals surface area contributed by atoms with Crippen LogP contribution >= 0.6 is 23.1 Å². The molecule has 0 aliphatic carbocycles. The third kappa shape index (κ3) is 14.3. The second-order valence-corrected chi connectivity index (χ2v) is 13.6. The maximum Gasteiger partial charge on any atom is 0.416 e. The molecular weight excluding hydrogens is 908 g/mol. The maximum atomic E-state index is 14.3. The quantitative estimate of drug-likeness (QED) is 0.119. The minimum absolute atomic E-state index is 0.112. The molecule has 0 fully saturated rings. The highest BCUT2D eigenvalue weighted by Gasteiger charge is 2.37. The maximum absolute atomic E-state index is 14.3. The van der Waals surface area contributed by atoms with Crippen molar-refractivity contribution in [1.82, 2.24) is 18.7 Å². The summed E-state index contributed by atoms with van der Waals surface area (Å²) in [7, 11) is 0. The normalized spacial score (nSPS) is 11.5. The number of carbonyl (C=O) groups is 2. The van der Waals surface area contributed by atoms with Gasteiger partial charge in [0.05, 0.1) is 29.5 Å². The predicted molar refractivity (Wildman–Crippen MR) is 193 cm³/mol. The number of aromatic nitrogens is 4. The number of aliphatic carboxylic acids is 1. The first-order valence-electron chi connectivity index (χ1n) is 16.4. The Balaban J connectivity index is 0.000000247. The fourth-order valence-electron chi connectivity index (χ4n) is 4.69. The van der Waals surface area contributed by atoms with Crippen LogP contribution in [0.1, 0.15) is 33.4 Å². The van der Waals surface area contributed by atoms with Gasteiger partial charge in [-0.1, -0.05) is 0 Å². The van der Waals surface area contributed by atoms with Crippen LogP contribution in [0, 0.1) is 30.2 Å². The highest BCUT2D eigenvalue weighted by Crippen LogP contribution is 2.40. The molecule has 0 spiro atoms. The van der Waals surface area contributed by atoms with E-state index in [2.05, 4.69) is 24.0 Å². The molecule has 0 radical (unpaired) electrons. The second kappa shape index (κ2) is 19.9. The highest BCUT2D eigenvalue weighted by atomic mass is 32.1. The molecule has 0 unspecified atom stereocenters. The van der Waals surface area contributed by atoms with Crippen LogP contribution in [0.2, 0.25) is 0 Å². The first-order valence-corrected chi connectivity index (χ1v) is 17.9. The standard InChI is InChI=1S/C18H9F8N3O2S.C16H11F5O3.C2H3N3S/c19-12-6-14(13(20)1-8(12)2-15(30)29-16-27-7-28-32-16)31-11-4-9(17(21,22)23)3-10(5-11)18(24,25)26;1-8-2-10(16(19,20)21)6-11(3-8)24-14-7-12(17)9(4-13(14)18)5-15(22)23;3-2-4-1-5-6-2/h1,3-7H,2H2,(H,27,28,29,30);2-4,6-7H,5H2,1H3,(H,22,23);1H,(H2,3,4,5). The lowest BCUT2D eigenvalue weighted by atomic mass is 10.1. The molecule has 2 aromatic heterocycles. The largest absolute Gasteiger partial charge is 0.481 e. The van der Waals surface area contributed by atoms with Crippen molar-refractivity contribution in [3.05, 3.63) is 130 Å². The van der Waals surface area contributed by atoms with E-state index < -0.39 is 112 Å². The van der Waals surface area contributed by atoms with Gasteiger partial charge in [0.25, 0.3) is 0 Å². The first-order chi connectivity index (χ1) is 28.8. The lowest BCUT2D eigenvalue weighted by molar-refractivity contribution is -0.143. The third-order valence-electron chi connectivity index (χ3n) is 7.28. The summed E-state index contributed by atoms with van der Waals surface area (Å²) in [4.78, 5) is 29.7. The Morgan fingerprint density at radius 1 is 0.629 bits per heavy atom. The van der Waals surface area contributed by atoms with Crippen molar-refractivity contribution in [2.45, 2.75) is 38.3 Å². The molecule has 330 valence electrons. The van der Waals surface area contributed by atoms with Gasteiger partial charge in [0.1, 0.15) is 35.8 Å². The number of rotatable bonds is 9. The fourth-order valence-corrected chi connectivity index (χ4v) is 5.43. The number of hydrogen-bond donors (Lipinski definition) is 3. The number of amides is 1. The Hall–Kier alpha value is -6.57. The number of nitrogen functional groups attached to an aromatic ring is 1. The van der Waals surface area contributed by atoms with Crippen molar-refractivity contribution in [2.75, 3.05) is 11.1 Å². The summed E-state index contributed by atoms with van der Waals surface area (Å²) in [5.41, 5.74) is 0.160. The number of nitrogens with one attached hydrogen (secondary N) is 1. The topological polar surface area (TPSA) is 162 Å². The van der Waals surface area contributed by atoms with Crippen LogP contribution in [0.5, 0.6) is 23.0 Å². The Labute approximate surface area is 346 Å². The van der Waals surface area contributed by atoms with Crippen molar-refractivity contribution in [3.8, 4) is 23.0 Å². The monoisotopic (exact) mass is 930 g/mol. The second-order valence-electron chi connectivity index (χ2n) is 12.0. The Morgan fingerprint density at radius 3 is 1.48 bits per heavy atom. The number of ether oxygens (including phenoxy) is 2. The zero-order valence-electron chi connectivity index (χ0n) is 30.5. The van der Waals surface area contributed by atoms with Gasteiger partial charge in [-0.3, -0.25) is 9.59 Å². The van der Waals surface area contributed by atoms with Crippen molar-refractivity contribution in [3.63, 3.8) is 0 Å². The number of aryl methyl sites for hydroxylation is 1. The number of alkyl halides is 9. The number of anilines is 2. The molecule has 4 aromatic carbocycles. The molecule has 6 rings (SSSR count). The summed E-state index contributed by atoms with van der Waals surface area (Å²) < 4.78 is 189. The van der Waals surface area contributed by atoms with Gasteiger partial charge in [-0.2, -0.15) is 48.3 Å². The summed E-state index contributed by atoms with van der Waals surface area (Å²) in [5.74, 6) is -9.63. The Bertz CT molecular complexity index is 2470. The lowest BCUT2D eigenvalue weighted by Gasteiger charge is -2.15. The summed E-state index contributed by atoms with van der Waals surface area (Å²) in [6.07, 6.45) is -13.7. The highest BCUT2D eigenvalue weighted by molar-refractivity contribution is 7.09. The van der Waals surface area contributed by atoms with E-state index >= 15 is 0 Å². The fraction of sp³-hybridized carbons (Fsp3) is 0.167. The van der Waals surface area contributed by atoms with E-state index in [1.807, 2.05) is 0 Å². The number of carbonyl (C=O) groups excluding carboxylic acids is 1. The molecule has 62 heavy (non-hydrogen) atoms. The average Bonchev–Trinajstić information content (AvgIpc) is 3.85. The molecular formula is C36H23F13N6O5S2. The minimum atomic E-state index is -5.15. The number of halogens is 13. The zero-order valence-corrected chi connectivity index (χ0v) is 32.2. The van der Waals surface area contributed by atoms with E-state index in [9.17, 15) is 66.7 Å². The van der Waals surface area contributed by atoms with Gasteiger partial charge >= 0.3 is 24.5 Å². The smallest absolute Gasteiger partial charge is 0.416 e. The molecule has 0 aliphatic heterocycles. The van der Waals surface area contributed by atoms with E-state index in [1.165, 1.54) is 30.8 Å². The van der Waals surface area contributed by atoms with E-state index in [4.69, 9.17) is 20.3 Å². The predicted octanol–water partition coefficient (Wildman–Crippen LogP) is 10.7. The van der Waals surface area contributed by atoms with Crippen molar-refractivity contribution < 1.29 is 81.2 Å². The number of hydrogen-bond acceptors (Lipinski definition) is 11. The van der Waals surface area contributed by atoms with Gasteiger partial charge < -0.3 is 25.6 Å². The molecule has 2 heterocycles. The van der Waals surface area contributed by atoms with Gasteiger partial charge in [-0.25, -0.2) is 27.5 Å². The molecule has 0 bridgehead atoms. The van der Waals surface area contributed by atoms with Gasteiger partial charge in [-0.05, 0) is 61.0 Å². The number of carboxylic acid groups (broad SMARTS) is 1. The minimum Gasteiger partial charge on any atom is -0.481 e. The van der Waals surface area contributed by atoms with Crippen LogP contribution in [0.4, 0.5) is 67.3 Å². The molecule has 6 aromatic rings. The molecule has 26 heteroatoms. The Kier molecular flexibility index (Phi) is 15.4. The summed E-state index contributed by atoms with van der Waals surface area (Å²) >= 11 is 2.03. The molecule has 1 amide bonds. The van der Waals surface area contributed by atoms with Crippen molar-refractivity contribution in [1.29, 1.82) is 0 Å². The number of nitrogens with zero attached hydrogens (tertiary/aromatic N) is 4. The number of carboxylic acids is 1. The number of nitrogens with two attached hydrogens (primary N) is 1. The molecule has 0 atom stereocenters. The van der Waals surface area contributed by atoms with Crippen molar-refractivity contribution >= 4 is 45.2 Å². The van der Waals surface area contributed by atoms with Gasteiger partial charge in [-0.15, -0.1) is 0 Å². The van der Waals surface area contributed by atoms with Crippen LogP contribution < -0.4 is 20.5 Å². The molecule has 0 aliphatic rings. The van der Waals surface area contributed by atoms with Crippen LogP contribution in [-0.2, 0) is 41.0 Å². The SMILES string of the molecule is Cc1cc(Oc2cc(F)c(CC(=O)O)cc2F)cc(C(F)(F)F)c1.Nc1ncns1.O=C(Cc1cc(F)c(Oc2cc(C(F)(F)F)cc(C(F)(F)F)c2)cc1F)Nc1ncns1. The lowest BCUT2D eigenvalue weighted by Crippen LogP contribution is -2.15. The number of benzene rings is 4. The van der Waals surface area contributed by atoms with Crippen LogP contribution in [0.25, 0.3) is 0 Å². The van der Waals surface area contributed by atoms with E-state index in [0.717, 1.165) is 23.9 Å². The van der Waals surface area contributed by atoms with E-state index in [0.29, 0.717) is 35.5 Å². The van der Waals surface area contributed by atoms with Crippen LogP contribution in [-0.4, -0.2) is 35.7 Å². The third-order valence-corrected chi connectivity index (χ3v) is 8.35.